The topological polar surface area (TPSA) is 65.8 Å². The SMILES string of the molecule is CC(C)C(C(=O)N1CCCCC1CCO)N1C(=O)C(=Cc2cccn2C)SC1=S. The highest BCUT2D eigenvalue weighted by Gasteiger charge is 2.44. The van der Waals surface area contributed by atoms with Crippen molar-refractivity contribution < 1.29 is 14.7 Å². The molecular formula is C21H29N3O3S2. The summed E-state index contributed by atoms with van der Waals surface area (Å²) in [7, 11) is 1.92. The van der Waals surface area contributed by atoms with Crippen LogP contribution in [-0.2, 0) is 16.6 Å². The zero-order valence-corrected chi connectivity index (χ0v) is 18.8. The van der Waals surface area contributed by atoms with Crippen LogP contribution in [0.15, 0.2) is 23.2 Å². The molecule has 6 nitrogen and oxygen atoms in total. The van der Waals surface area contributed by atoms with Crippen LogP contribution in [0, 0.1) is 5.92 Å². The molecule has 2 amide bonds. The van der Waals surface area contributed by atoms with Gasteiger partial charge in [-0.3, -0.25) is 14.5 Å². The van der Waals surface area contributed by atoms with Crippen molar-refractivity contribution >= 4 is 46.2 Å². The Labute approximate surface area is 181 Å². The van der Waals surface area contributed by atoms with Gasteiger partial charge in [0.2, 0.25) is 5.91 Å². The number of likely N-dealkylation sites (tertiary alicyclic amines) is 1. The predicted molar refractivity (Wildman–Crippen MR) is 120 cm³/mol. The standard InChI is InChI=1S/C21H29N3O3S2/c1-14(2)18(20(27)23-11-5-4-7-15(23)9-12-25)24-19(26)17(29-21(24)28)13-16-8-6-10-22(16)3/h6,8,10,13-15,18,25H,4-5,7,9,11-12H2,1-3H3. The highest BCUT2D eigenvalue weighted by molar-refractivity contribution is 8.26. The number of aromatic nitrogens is 1. The Bertz CT molecular complexity index is 816. The van der Waals surface area contributed by atoms with Gasteiger partial charge in [0.15, 0.2) is 0 Å². The summed E-state index contributed by atoms with van der Waals surface area (Å²) in [5, 5.41) is 9.40. The van der Waals surface area contributed by atoms with E-state index in [9.17, 15) is 14.7 Å². The lowest BCUT2D eigenvalue weighted by Crippen LogP contribution is -2.56. The largest absolute Gasteiger partial charge is 0.396 e. The van der Waals surface area contributed by atoms with Crippen molar-refractivity contribution in [3.63, 3.8) is 0 Å². The predicted octanol–water partition coefficient (Wildman–Crippen LogP) is 3.01. The van der Waals surface area contributed by atoms with E-state index in [4.69, 9.17) is 12.2 Å². The first-order valence-electron chi connectivity index (χ1n) is 10.1. The fourth-order valence-electron chi connectivity index (χ4n) is 4.08. The van der Waals surface area contributed by atoms with Crippen molar-refractivity contribution in [2.75, 3.05) is 13.2 Å². The average molecular weight is 436 g/mol. The Hall–Kier alpha value is -1.64. The van der Waals surface area contributed by atoms with Crippen LogP contribution < -0.4 is 0 Å². The molecule has 29 heavy (non-hydrogen) atoms. The highest BCUT2D eigenvalue weighted by Crippen LogP contribution is 2.36. The van der Waals surface area contributed by atoms with Crippen LogP contribution in [0.4, 0.5) is 0 Å². The molecule has 1 aromatic heterocycles. The first kappa shape index (κ1) is 22.1. The van der Waals surface area contributed by atoms with Gasteiger partial charge >= 0.3 is 0 Å². The minimum absolute atomic E-state index is 0.0276. The van der Waals surface area contributed by atoms with Gasteiger partial charge < -0.3 is 14.6 Å². The van der Waals surface area contributed by atoms with Gasteiger partial charge in [-0.1, -0.05) is 37.8 Å². The number of carbonyl (C=O) groups excluding carboxylic acids is 2. The summed E-state index contributed by atoms with van der Waals surface area (Å²) in [4.78, 5) is 30.7. The van der Waals surface area contributed by atoms with E-state index in [0.717, 1.165) is 25.0 Å². The highest BCUT2D eigenvalue weighted by atomic mass is 32.2. The van der Waals surface area contributed by atoms with Gasteiger partial charge in [-0.2, -0.15) is 0 Å². The van der Waals surface area contributed by atoms with Crippen LogP contribution in [0.25, 0.3) is 6.08 Å². The molecule has 1 aromatic rings. The lowest BCUT2D eigenvalue weighted by molar-refractivity contribution is -0.145. The van der Waals surface area contributed by atoms with E-state index in [-0.39, 0.29) is 30.4 Å². The fourth-order valence-corrected chi connectivity index (χ4v) is 5.40. The van der Waals surface area contributed by atoms with Crippen LogP contribution in [0.1, 0.15) is 45.2 Å². The zero-order valence-electron chi connectivity index (χ0n) is 17.2. The van der Waals surface area contributed by atoms with E-state index in [1.165, 1.54) is 16.7 Å². The van der Waals surface area contributed by atoms with Crippen LogP contribution in [0.2, 0.25) is 0 Å². The first-order valence-corrected chi connectivity index (χ1v) is 11.4. The van der Waals surface area contributed by atoms with Crippen LogP contribution >= 0.6 is 24.0 Å². The molecule has 2 atom stereocenters. The number of hydrogen-bond acceptors (Lipinski definition) is 5. The van der Waals surface area contributed by atoms with Crippen LogP contribution in [-0.4, -0.2) is 60.8 Å². The molecule has 0 aromatic carbocycles. The maximum Gasteiger partial charge on any atom is 0.267 e. The smallest absolute Gasteiger partial charge is 0.267 e. The van der Waals surface area contributed by atoms with E-state index in [1.807, 2.05) is 54.8 Å². The second-order valence-corrected chi connectivity index (χ2v) is 9.65. The summed E-state index contributed by atoms with van der Waals surface area (Å²) in [5.41, 5.74) is 0.914. The molecule has 0 saturated carbocycles. The summed E-state index contributed by atoms with van der Waals surface area (Å²) in [5.74, 6) is -0.338. The van der Waals surface area contributed by atoms with E-state index in [1.54, 1.807) is 0 Å². The maximum absolute atomic E-state index is 13.5. The molecule has 8 heteroatoms. The molecule has 2 unspecified atom stereocenters. The van der Waals surface area contributed by atoms with Gasteiger partial charge in [-0.25, -0.2) is 0 Å². The molecule has 0 spiro atoms. The summed E-state index contributed by atoms with van der Waals surface area (Å²) in [6.45, 7) is 4.63. The van der Waals surface area contributed by atoms with E-state index < -0.39 is 6.04 Å². The molecule has 0 radical (unpaired) electrons. The van der Waals surface area contributed by atoms with Crippen molar-refractivity contribution in [3.8, 4) is 0 Å². The van der Waals surface area contributed by atoms with Gasteiger partial charge in [0.05, 0.1) is 4.91 Å². The van der Waals surface area contributed by atoms with Crippen molar-refractivity contribution in [3.05, 3.63) is 28.9 Å². The quantitative estimate of drug-likeness (QED) is 0.550. The number of amides is 2. The van der Waals surface area contributed by atoms with Crippen LogP contribution in [0.3, 0.4) is 0 Å². The number of nitrogens with zero attached hydrogens (tertiary/aromatic N) is 3. The summed E-state index contributed by atoms with van der Waals surface area (Å²) < 4.78 is 2.36. The number of thioether (sulfide) groups is 1. The fraction of sp³-hybridized carbons (Fsp3) is 0.571. The molecule has 0 aliphatic carbocycles. The third kappa shape index (κ3) is 4.59. The van der Waals surface area contributed by atoms with Gasteiger partial charge in [0.1, 0.15) is 10.4 Å². The number of aliphatic hydroxyl groups is 1. The normalized spacial score (nSPS) is 22.8. The number of rotatable bonds is 6. The molecule has 2 saturated heterocycles. The maximum atomic E-state index is 13.5. The molecule has 1 N–H and O–H groups in total. The number of carbonyl (C=O) groups is 2. The molecular weight excluding hydrogens is 406 g/mol. The third-order valence-corrected chi connectivity index (χ3v) is 6.95. The molecule has 2 aliphatic heterocycles. The van der Waals surface area contributed by atoms with Crippen molar-refractivity contribution in [2.24, 2.45) is 13.0 Å². The Morgan fingerprint density at radius 1 is 1.41 bits per heavy atom. The summed E-state index contributed by atoms with van der Waals surface area (Å²) in [6.07, 6.45) is 7.22. The zero-order chi connectivity index (χ0) is 21.1. The van der Waals surface area contributed by atoms with Gasteiger partial charge in [0.25, 0.3) is 5.91 Å². The Morgan fingerprint density at radius 2 is 2.17 bits per heavy atom. The van der Waals surface area contributed by atoms with E-state index >= 15 is 0 Å². The minimum atomic E-state index is -0.624. The van der Waals surface area contributed by atoms with Crippen molar-refractivity contribution in [1.29, 1.82) is 0 Å². The molecule has 158 valence electrons. The second-order valence-electron chi connectivity index (χ2n) is 7.98. The monoisotopic (exact) mass is 435 g/mol. The van der Waals surface area contributed by atoms with Crippen molar-refractivity contribution in [1.82, 2.24) is 14.4 Å². The minimum Gasteiger partial charge on any atom is -0.396 e. The Kier molecular flexibility index (Phi) is 7.19. The van der Waals surface area contributed by atoms with Crippen molar-refractivity contribution in [2.45, 2.75) is 51.6 Å². The summed E-state index contributed by atoms with van der Waals surface area (Å²) >= 11 is 6.78. The Morgan fingerprint density at radius 3 is 2.79 bits per heavy atom. The third-order valence-electron chi connectivity index (χ3n) is 5.62. The van der Waals surface area contributed by atoms with E-state index in [0.29, 0.717) is 22.2 Å². The second kappa shape index (κ2) is 9.45. The average Bonchev–Trinajstić information content (AvgIpc) is 3.20. The number of thiocarbonyl (C=S) groups is 1. The van der Waals surface area contributed by atoms with E-state index in [2.05, 4.69) is 0 Å². The lowest BCUT2D eigenvalue weighted by atomic mass is 9.95. The molecule has 3 rings (SSSR count). The van der Waals surface area contributed by atoms with Gasteiger partial charge in [-0.05, 0) is 49.8 Å². The molecule has 3 heterocycles. The molecule has 2 fully saturated rings. The van der Waals surface area contributed by atoms with Gasteiger partial charge in [0, 0.05) is 38.1 Å². The van der Waals surface area contributed by atoms with Gasteiger partial charge in [-0.15, -0.1) is 0 Å². The lowest BCUT2D eigenvalue weighted by Gasteiger charge is -2.40. The number of aliphatic hydroxyl groups excluding tert-OH is 1. The Balaban J connectivity index is 1.87. The molecule has 0 bridgehead atoms. The number of hydrogen-bond donors (Lipinski definition) is 1. The van der Waals surface area contributed by atoms with Crippen LogP contribution in [0.5, 0.6) is 0 Å². The molecule has 2 aliphatic rings. The summed E-state index contributed by atoms with van der Waals surface area (Å²) in [6, 6.07) is 3.26. The number of aryl methyl sites for hydroxylation is 1. The number of piperidine rings is 1. The first-order chi connectivity index (χ1) is 13.8.